The van der Waals surface area contributed by atoms with Crippen LogP contribution in [-0.4, -0.2) is 10.6 Å². The Morgan fingerprint density at radius 2 is 1.90 bits per heavy atom. The van der Waals surface area contributed by atoms with E-state index in [-0.39, 0.29) is 4.87 Å². The van der Waals surface area contributed by atoms with E-state index in [0.29, 0.717) is 21.8 Å². The van der Waals surface area contributed by atoms with Gasteiger partial charge in [0, 0.05) is 6.54 Å². The molecule has 0 bridgehead atoms. The number of aromatic nitrogens is 1. The summed E-state index contributed by atoms with van der Waals surface area (Å²) in [5.41, 5.74) is 1.50. The topological polar surface area (TPSA) is 51.1 Å². The molecule has 21 heavy (non-hydrogen) atoms. The summed E-state index contributed by atoms with van der Waals surface area (Å²) in [7, 11) is 0. The third-order valence-corrected chi connectivity index (χ3v) is 4.47. The third kappa shape index (κ3) is 2.70. The van der Waals surface area contributed by atoms with E-state index in [9.17, 15) is 9.59 Å². The van der Waals surface area contributed by atoms with Crippen LogP contribution in [0.4, 0.5) is 4.79 Å². The molecule has 106 valence electrons. The number of nitrogens with one attached hydrogen (secondary N) is 1. The third-order valence-electron chi connectivity index (χ3n) is 3.05. The van der Waals surface area contributed by atoms with Crippen LogP contribution in [0.5, 0.6) is 0 Å². The molecule has 1 N–H and O–H groups in total. The summed E-state index contributed by atoms with van der Waals surface area (Å²) >= 11 is 7.02. The Balaban J connectivity index is 1.90. The molecule has 0 aliphatic heterocycles. The lowest BCUT2D eigenvalue weighted by Gasteiger charge is -2.06. The van der Waals surface area contributed by atoms with Gasteiger partial charge in [0.05, 0.1) is 15.2 Å². The number of fused-ring (bicyclic) bond motifs is 1. The van der Waals surface area contributed by atoms with Crippen molar-refractivity contribution >= 4 is 39.2 Å². The van der Waals surface area contributed by atoms with Crippen LogP contribution in [-0.2, 0) is 6.54 Å². The molecule has 6 heteroatoms. The summed E-state index contributed by atoms with van der Waals surface area (Å²) in [5, 5.41) is 3.22. The number of thiazole rings is 1. The Hall–Kier alpha value is -2.11. The molecule has 1 heterocycles. The normalized spacial score (nSPS) is 10.7. The van der Waals surface area contributed by atoms with Crippen LogP contribution in [0.15, 0.2) is 53.3 Å². The number of carbonyl (C=O) groups excluding carboxylic acids is 1. The maximum absolute atomic E-state index is 12.2. The van der Waals surface area contributed by atoms with Gasteiger partial charge in [0.25, 0.3) is 0 Å². The fraction of sp³-hybridized carbons (Fsp3) is 0.0667. The van der Waals surface area contributed by atoms with Crippen molar-refractivity contribution in [3.8, 4) is 0 Å². The van der Waals surface area contributed by atoms with Gasteiger partial charge in [0.15, 0.2) is 0 Å². The number of benzene rings is 2. The molecule has 3 aromatic rings. The van der Waals surface area contributed by atoms with Crippen LogP contribution in [0.3, 0.4) is 0 Å². The van der Waals surface area contributed by atoms with Gasteiger partial charge in [-0.3, -0.25) is 4.79 Å². The standard InChI is InChI=1S/C15H11ClN2O2S/c16-11-7-4-8-12-13(11)21-15(20)18(12)14(19)17-9-10-5-2-1-3-6-10/h1-8H,9H2,(H,17,19). The smallest absolute Gasteiger partial charge is 0.329 e. The molecule has 1 amide bonds. The first kappa shape index (κ1) is 13.9. The number of hydrogen-bond acceptors (Lipinski definition) is 3. The van der Waals surface area contributed by atoms with E-state index >= 15 is 0 Å². The maximum atomic E-state index is 12.2. The maximum Gasteiger partial charge on any atom is 0.329 e. The minimum atomic E-state index is -0.447. The van der Waals surface area contributed by atoms with Crippen molar-refractivity contribution in [1.29, 1.82) is 0 Å². The van der Waals surface area contributed by atoms with Gasteiger partial charge in [-0.25, -0.2) is 9.36 Å². The van der Waals surface area contributed by atoms with E-state index in [1.54, 1.807) is 18.2 Å². The Kier molecular flexibility index (Phi) is 3.77. The molecule has 0 atom stereocenters. The molecule has 1 aromatic heterocycles. The number of nitrogens with zero attached hydrogens (tertiary/aromatic N) is 1. The molecular weight excluding hydrogens is 308 g/mol. The molecule has 0 aliphatic carbocycles. The Morgan fingerprint density at radius 1 is 1.14 bits per heavy atom. The average Bonchev–Trinajstić information content (AvgIpc) is 2.84. The summed E-state index contributed by atoms with van der Waals surface area (Å²) in [5.74, 6) is 0. The van der Waals surface area contributed by atoms with E-state index in [1.807, 2.05) is 30.3 Å². The molecule has 2 aromatic carbocycles. The molecular formula is C15H11ClN2O2S. The largest absolute Gasteiger partial charge is 0.333 e. The van der Waals surface area contributed by atoms with Gasteiger partial charge in [0.1, 0.15) is 0 Å². The van der Waals surface area contributed by atoms with E-state index in [1.165, 1.54) is 0 Å². The summed E-state index contributed by atoms with van der Waals surface area (Å²) in [4.78, 5) is 23.9. The zero-order valence-electron chi connectivity index (χ0n) is 10.9. The highest BCUT2D eigenvalue weighted by molar-refractivity contribution is 7.17. The quantitative estimate of drug-likeness (QED) is 0.786. The highest BCUT2D eigenvalue weighted by atomic mass is 35.5. The highest BCUT2D eigenvalue weighted by Gasteiger charge is 2.15. The van der Waals surface area contributed by atoms with Crippen molar-refractivity contribution in [3.63, 3.8) is 0 Å². The molecule has 4 nitrogen and oxygen atoms in total. The SMILES string of the molecule is O=C(NCc1ccccc1)n1c(=O)sc2c(Cl)cccc21. The van der Waals surface area contributed by atoms with E-state index < -0.39 is 6.03 Å². The fourth-order valence-corrected chi connectivity index (χ4v) is 3.21. The van der Waals surface area contributed by atoms with E-state index in [0.717, 1.165) is 21.5 Å². The summed E-state index contributed by atoms with van der Waals surface area (Å²) in [6.45, 7) is 0.365. The van der Waals surface area contributed by atoms with Gasteiger partial charge in [-0.05, 0) is 17.7 Å². The van der Waals surface area contributed by atoms with Gasteiger partial charge in [-0.2, -0.15) is 0 Å². The summed E-state index contributed by atoms with van der Waals surface area (Å²) < 4.78 is 1.74. The number of rotatable bonds is 2. The lowest BCUT2D eigenvalue weighted by atomic mass is 10.2. The monoisotopic (exact) mass is 318 g/mol. The van der Waals surface area contributed by atoms with E-state index in [2.05, 4.69) is 5.32 Å². The highest BCUT2D eigenvalue weighted by Crippen LogP contribution is 2.25. The molecule has 0 unspecified atom stereocenters. The summed E-state index contributed by atoms with van der Waals surface area (Å²) in [6.07, 6.45) is 0. The predicted molar refractivity (Wildman–Crippen MR) is 85.2 cm³/mol. The van der Waals surface area contributed by atoms with Crippen LogP contribution in [0.25, 0.3) is 10.2 Å². The fourth-order valence-electron chi connectivity index (χ4n) is 2.05. The Bertz CT molecular complexity index is 855. The molecule has 0 radical (unpaired) electrons. The molecule has 0 saturated carbocycles. The minimum Gasteiger partial charge on any atom is -0.333 e. The second-order valence-corrected chi connectivity index (χ2v) is 5.80. The first-order valence-corrected chi connectivity index (χ1v) is 7.48. The molecule has 0 fully saturated rings. The number of amides is 1. The van der Waals surface area contributed by atoms with Crippen molar-refractivity contribution < 1.29 is 4.79 Å². The van der Waals surface area contributed by atoms with Crippen molar-refractivity contribution in [1.82, 2.24) is 9.88 Å². The first-order valence-electron chi connectivity index (χ1n) is 6.29. The van der Waals surface area contributed by atoms with Crippen molar-refractivity contribution in [2.45, 2.75) is 6.54 Å². The Labute approximate surface area is 129 Å². The van der Waals surface area contributed by atoms with Gasteiger partial charge in [-0.15, -0.1) is 0 Å². The van der Waals surface area contributed by atoms with Gasteiger partial charge >= 0.3 is 10.9 Å². The number of halogens is 1. The zero-order valence-corrected chi connectivity index (χ0v) is 12.4. The van der Waals surface area contributed by atoms with Crippen LogP contribution >= 0.6 is 22.9 Å². The predicted octanol–water partition coefficient (Wildman–Crippen LogP) is 3.47. The van der Waals surface area contributed by atoms with Crippen LogP contribution < -0.4 is 10.2 Å². The van der Waals surface area contributed by atoms with Crippen molar-refractivity contribution in [2.24, 2.45) is 0 Å². The lowest BCUT2D eigenvalue weighted by molar-refractivity contribution is 0.242. The van der Waals surface area contributed by atoms with Crippen LogP contribution in [0.2, 0.25) is 5.02 Å². The van der Waals surface area contributed by atoms with Crippen LogP contribution in [0, 0.1) is 0 Å². The van der Waals surface area contributed by atoms with Crippen molar-refractivity contribution in [2.75, 3.05) is 0 Å². The molecule has 3 rings (SSSR count). The second kappa shape index (κ2) is 5.71. The van der Waals surface area contributed by atoms with E-state index in [4.69, 9.17) is 11.6 Å². The first-order chi connectivity index (χ1) is 10.2. The lowest BCUT2D eigenvalue weighted by Crippen LogP contribution is -2.33. The molecule has 0 spiro atoms. The zero-order chi connectivity index (χ0) is 14.8. The number of hydrogen-bond donors (Lipinski definition) is 1. The van der Waals surface area contributed by atoms with Gasteiger partial charge in [0.2, 0.25) is 0 Å². The number of carbonyl (C=O) groups is 1. The van der Waals surface area contributed by atoms with Gasteiger partial charge in [-0.1, -0.05) is 59.3 Å². The molecule has 0 saturated heterocycles. The Morgan fingerprint density at radius 3 is 2.67 bits per heavy atom. The van der Waals surface area contributed by atoms with Crippen LogP contribution in [0.1, 0.15) is 5.56 Å². The van der Waals surface area contributed by atoms with Gasteiger partial charge < -0.3 is 5.32 Å². The summed E-state index contributed by atoms with van der Waals surface area (Å²) in [6, 6.07) is 14.2. The van der Waals surface area contributed by atoms with Crippen molar-refractivity contribution in [3.05, 3.63) is 68.8 Å². The minimum absolute atomic E-state index is 0.344. The second-order valence-electron chi connectivity index (χ2n) is 4.44. The molecule has 0 aliphatic rings. The average molecular weight is 319 g/mol.